The van der Waals surface area contributed by atoms with Gasteiger partial charge in [-0.05, 0) is 57.0 Å². The Kier molecular flexibility index (Phi) is 5.25. The van der Waals surface area contributed by atoms with Gasteiger partial charge in [-0.25, -0.2) is 17.9 Å². The number of carbonyl (C=O) groups excluding carboxylic acids is 1. The van der Waals surface area contributed by atoms with Crippen molar-refractivity contribution in [1.29, 1.82) is 0 Å². The van der Waals surface area contributed by atoms with Crippen LogP contribution in [-0.2, 0) is 14.8 Å². The summed E-state index contributed by atoms with van der Waals surface area (Å²) in [6, 6.07) is 9.75. The van der Waals surface area contributed by atoms with E-state index in [1.54, 1.807) is 13.0 Å². The van der Waals surface area contributed by atoms with Gasteiger partial charge in [0.15, 0.2) is 0 Å². The number of ether oxygens (including phenoxy) is 2. The molecule has 1 heterocycles. The van der Waals surface area contributed by atoms with Crippen LogP contribution in [0.25, 0.3) is 0 Å². The fourth-order valence-corrected chi connectivity index (χ4v) is 4.66. The van der Waals surface area contributed by atoms with E-state index in [0.29, 0.717) is 17.7 Å². The number of rotatable bonds is 4. The molecule has 0 radical (unpaired) electrons. The Bertz CT molecular complexity index is 1030. The highest BCUT2D eigenvalue weighted by Crippen LogP contribution is 2.40. The topological polar surface area (TPSA) is 81.7 Å². The third-order valence-electron chi connectivity index (χ3n) is 4.85. The molecule has 1 aliphatic rings. The van der Waals surface area contributed by atoms with Gasteiger partial charge in [0.1, 0.15) is 11.4 Å². The average Bonchev–Trinajstić information content (AvgIpc) is 2.59. The second-order valence-corrected chi connectivity index (χ2v) is 9.46. The van der Waals surface area contributed by atoms with Crippen molar-refractivity contribution in [2.45, 2.75) is 50.7 Å². The Morgan fingerprint density at radius 3 is 2.57 bits per heavy atom. The minimum atomic E-state index is -3.86. The lowest BCUT2D eigenvalue weighted by atomic mass is 9.90. The highest BCUT2D eigenvalue weighted by molar-refractivity contribution is 7.89. The molecule has 1 N–H and O–H groups in total. The molecule has 150 valence electrons. The van der Waals surface area contributed by atoms with Crippen LogP contribution in [0.2, 0.25) is 0 Å². The summed E-state index contributed by atoms with van der Waals surface area (Å²) in [4.78, 5) is 12.0. The lowest BCUT2D eigenvalue weighted by molar-refractivity contribution is 0.0599. The van der Waals surface area contributed by atoms with Crippen molar-refractivity contribution in [3.05, 3.63) is 58.7 Å². The molecule has 7 heteroatoms. The molecule has 2 aromatic carbocycles. The molecular weight excluding hydrogens is 378 g/mol. The van der Waals surface area contributed by atoms with Crippen molar-refractivity contribution in [3.8, 4) is 5.75 Å². The number of benzene rings is 2. The molecule has 0 saturated carbocycles. The molecule has 1 atom stereocenters. The van der Waals surface area contributed by atoms with Gasteiger partial charge in [0.2, 0.25) is 10.0 Å². The number of nitrogens with one attached hydrogen (secondary N) is 1. The van der Waals surface area contributed by atoms with Gasteiger partial charge in [-0.2, -0.15) is 0 Å². The molecule has 0 aromatic heterocycles. The second kappa shape index (κ2) is 7.22. The van der Waals surface area contributed by atoms with Crippen molar-refractivity contribution in [3.63, 3.8) is 0 Å². The molecule has 0 bridgehead atoms. The third-order valence-corrected chi connectivity index (χ3v) is 6.32. The average molecular weight is 404 g/mol. The van der Waals surface area contributed by atoms with Gasteiger partial charge in [0, 0.05) is 12.0 Å². The maximum atomic E-state index is 13.1. The number of carbonyl (C=O) groups is 1. The van der Waals surface area contributed by atoms with Crippen LogP contribution in [0.5, 0.6) is 5.75 Å². The quantitative estimate of drug-likeness (QED) is 0.788. The summed E-state index contributed by atoms with van der Waals surface area (Å²) in [7, 11) is -2.59. The standard InChI is InChI=1S/C21H25NO5S/c1-13-6-9-16-18(12-21(3,4)27-19(16)10-13)22-28(24,25)15-8-7-14(2)17(11-15)20(23)26-5/h6-11,18,22H,12H2,1-5H3. The second-order valence-electron chi connectivity index (χ2n) is 7.75. The monoisotopic (exact) mass is 403 g/mol. The van der Waals surface area contributed by atoms with Crippen LogP contribution in [0.1, 0.15) is 53.4 Å². The van der Waals surface area contributed by atoms with Crippen LogP contribution in [0.4, 0.5) is 0 Å². The normalized spacial score (nSPS) is 18.1. The number of aryl methyl sites for hydroxylation is 2. The number of fused-ring (bicyclic) bond motifs is 1. The summed E-state index contributed by atoms with van der Waals surface area (Å²) in [6.07, 6.45) is 0.484. The Morgan fingerprint density at radius 2 is 1.89 bits per heavy atom. The van der Waals surface area contributed by atoms with E-state index in [4.69, 9.17) is 9.47 Å². The third kappa shape index (κ3) is 4.05. The van der Waals surface area contributed by atoms with Crippen molar-refractivity contribution >= 4 is 16.0 Å². The minimum Gasteiger partial charge on any atom is -0.487 e. The van der Waals surface area contributed by atoms with Crippen LogP contribution < -0.4 is 9.46 Å². The molecule has 0 spiro atoms. The Balaban J connectivity index is 1.98. The van der Waals surface area contributed by atoms with E-state index < -0.39 is 27.6 Å². The highest BCUT2D eigenvalue weighted by Gasteiger charge is 2.36. The van der Waals surface area contributed by atoms with E-state index in [-0.39, 0.29) is 10.5 Å². The number of methoxy groups -OCH3 is 1. The fraction of sp³-hybridized carbons (Fsp3) is 0.381. The summed E-state index contributed by atoms with van der Waals surface area (Å²) in [5, 5.41) is 0. The first-order chi connectivity index (χ1) is 13.0. The molecule has 3 rings (SSSR count). The number of esters is 1. The fourth-order valence-electron chi connectivity index (χ4n) is 3.42. The van der Waals surface area contributed by atoms with Crippen LogP contribution in [0, 0.1) is 13.8 Å². The molecule has 0 saturated heterocycles. The van der Waals surface area contributed by atoms with E-state index in [9.17, 15) is 13.2 Å². The molecule has 2 aromatic rings. The van der Waals surface area contributed by atoms with Crippen molar-refractivity contribution in [1.82, 2.24) is 4.72 Å². The van der Waals surface area contributed by atoms with Gasteiger partial charge in [-0.3, -0.25) is 0 Å². The first kappa shape index (κ1) is 20.4. The van der Waals surface area contributed by atoms with Crippen LogP contribution in [0.15, 0.2) is 41.3 Å². The molecule has 6 nitrogen and oxygen atoms in total. The zero-order valence-electron chi connectivity index (χ0n) is 16.7. The number of hydrogen-bond donors (Lipinski definition) is 1. The summed E-state index contributed by atoms with van der Waals surface area (Å²) in [5.41, 5.74) is 2.21. The van der Waals surface area contributed by atoms with Gasteiger partial charge >= 0.3 is 5.97 Å². The van der Waals surface area contributed by atoms with E-state index in [2.05, 4.69) is 4.72 Å². The summed E-state index contributed by atoms with van der Waals surface area (Å²) < 4.78 is 39.7. The zero-order valence-corrected chi connectivity index (χ0v) is 17.5. The van der Waals surface area contributed by atoms with Crippen LogP contribution in [-0.4, -0.2) is 27.1 Å². The Morgan fingerprint density at radius 1 is 1.18 bits per heavy atom. The predicted molar refractivity (Wildman–Crippen MR) is 106 cm³/mol. The van der Waals surface area contributed by atoms with E-state index in [1.807, 2.05) is 39.0 Å². The first-order valence-corrected chi connectivity index (χ1v) is 10.5. The van der Waals surface area contributed by atoms with Gasteiger partial charge in [0.05, 0.1) is 23.6 Å². The maximum Gasteiger partial charge on any atom is 0.338 e. The van der Waals surface area contributed by atoms with Crippen LogP contribution >= 0.6 is 0 Å². The van der Waals surface area contributed by atoms with Crippen molar-refractivity contribution < 1.29 is 22.7 Å². The zero-order chi connectivity index (χ0) is 20.7. The predicted octanol–water partition coefficient (Wildman–Crippen LogP) is 3.67. The Labute approximate surface area is 165 Å². The van der Waals surface area contributed by atoms with Gasteiger partial charge < -0.3 is 9.47 Å². The highest BCUT2D eigenvalue weighted by atomic mass is 32.2. The molecule has 28 heavy (non-hydrogen) atoms. The number of hydrogen-bond acceptors (Lipinski definition) is 5. The van der Waals surface area contributed by atoms with Crippen molar-refractivity contribution in [2.24, 2.45) is 0 Å². The van der Waals surface area contributed by atoms with E-state index in [0.717, 1.165) is 11.1 Å². The summed E-state index contributed by atoms with van der Waals surface area (Å²) >= 11 is 0. The van der Waals surface area contributed by atoms with Crippen LogP contribution in [0.3, 0.4) is 0 Å². The van der Waals surface area contributed by atoms with Gasteiger partial charge in [0.25, 0.3) is 0 Å². The molecular formula is C21H25NO5S. The van der Waals surface area contributed by atoms with Crippen molar-refractivity contribution in [2.75, 3.05) is 7.11 Å². The largest absolute Gasteiger partial charge is 0.487 e. The minimum absolute atomic E-state index is 0.0245. The molecule has 0 amide bonds. The SMILES string of the molecule is COC(=O)c1cc(S(=O)(=O)NC2CC(C)(C)Oc3cc(C)ccc32)ccc1C. The van der Waals surface area contributed by atoms with E-state index >= 15 is 0 Å². The first-order valence-electron chi connectivity index (χ1n) is 9.03. The number of sulfonamides is 1. The Hall–Kier alpha value is -2.38. The molecule has 1 aliphatic heterocycles. The smallest absolute Gasteiger partial charge is 0.338 e. The maximum absolute atomic E-state index is 13.1. The summed E-state index contributed by atoms with van der Waals surface area (Å²) in [6.45, 7) is 7.56. The summed E-state index contributed by atoms with van der Waals surface area (Å²) in [5.74, 6) is 0.116. The van der Waals surface area contributed by atoms with Gasteiger partial charge in [-0.1, -0.05) is 18.2 Å². The lowest BCUT2D eigenvalue weighted by Gasteiger charge is -2.38. The van der Waals surface area contributed by atoms with Gasteiger partial charge in [-0.15, -0.1) is 0 Å². The van der Waals surface area contributed by atoms with E-state index in [1.165, 1.54) is 19.2 Å². The lowest BCUT2D eigenvalue weighted by Crippen LogP contribution is -2.41. The molecule has 1 unspecified atom stereocenters. The molecule has 0 fully saturated rings. The molecule has 0 aliphatic carbocycles.